The SMILES string of the molecule is C#CC[Si](CC)(CC)O[Si](C)(C)O[Si](CC)(O[Si](CC)(CC)CC#C)O[Si](CC)(O[Si](CC)(CC)CC#C)O[Si](C)(C)O[Si](CC)(CC)CC#C. The van der Waals surface area contributed by atoms with Crippen LogP contribution in [0.5, 0.6) is 0 Å². The minimum Gasteiger partial charge on any atom is -0.435 e. The third-order valence-electron chi connectivity index (χ3n) is 10.5. The Labute approximate surface area is 324 Å². The van der Waals surface area contributed by atoms with E-state index < -0.39 is 68.0 Å². The van der Waals surface area contributed by atoms with Crippen LogP contribution in [0.1, 0.15) is 69.2 Å². The van der Waals surface area contributed by atoms with Crippen molar-refractivity contribution in [2.75, 3.05) is 0 Å². The predicted octanol–water partition coefficient (Wildman–Crippen LogP) is 10.9. The van der Waals surface area contributed by atoms with E-state index in [1.54, 1.807) is 0 Å². The van der Waals surface area contributed by atoms with Gasteiger partial charge >= 0.3 is 34.7 Å². The Morgan fingerprint density at radius 1 is 0.314 bits per heavy atom. The van der Waals surface area contributed by atoms with E-state index in [0.29, 0.717) is 36.3 Å². The van der Waals surface area contributed by atoms with Crippen molar-refractivity contribution in [3.63, 3.8) is 0 Å². The van der Waals surface area contributed by atoms with Crippen molar-refractivity contribution in [1.29, 1.82) is 0 Å². The lowest BCUT2D eigenvalue weighted by Crippen LogP contribution is -2.70. The zero-order valence-electron chi connectivity index (χ0n) is 35.1. The van der Waals surface area contributed by atoms with Gasteiger partial charge in [0, 0.05) is 36.3 Å². The van der Waals surface area contributed by atoms with Gasteiger partial charge in [0.1, 0.15) is 0 Å². The summed E-state index contributed by atoms with van der Waals surface area (Å²) in [5.41, 5.74) is 0. The van der Waals surface area contributed by atoms with Crippen LogP contribution in [-0.4, -0.2) is 68.0 Å². The Morgan fingerprint density at radius 3 is 0.706 bits per heavy atom. The highest BCUT2D eigenvalue weighted by Crippen LogP contribution is 2.40. The average molecular weight is 844 g/mol. The highest BCUT2D eigenvalue weighted by Gasteiger charge is 2.61. The molecule has 0 spiro atoms. The second-order valence-electron chi connectivity index (χ2n) is 14.7. The second kappa shape index (κ2) is 22.3. The van der Waals surface area contributed by atoms with Crippen molar-refractivity contribution in [3.8, 4) is 49.4 Å². The molecule has 0 aliphatic carbocycles. The van der Waals surface area contributed by atoms with Crippen LogP contribution in [0.4, 0.5) is 0 Å². The maximum Gasteiger partial charge on any atom is 0.473 e. The van der Waals surface area contributed by atoms with E-state index in [2.05, 4.69) is 119 Å². The van der Waals surface area contributed by atoms with Gasteiger partial charge in [0.15, 0.2) is 33.3 Å². The molecule has 0 aromatic heterocycles. The summed E-state index contributed by atoms with van der Waals surface area (Å²) in [6, 6.07) is 10.3. The predicted molar refractivity (Wildman–Crippen MR) is 236 cm³/mol. The molecule has 0 aliphatic heterocycles. The topological polar surface area (TPSA) is 64.6 Å². The van der Waals surface area contributed by atoms with Gasteiger partial charge in [-0.25, -0.2) is 0 Å². The van der Waals surface area contributed by atoms with Crippen molar-refractivity contribution < 1.29 is 28.8 Å². The summed E-state index contributed by atoms with van der Waals surface area (Å²) >= 11 is 0. The summed E-state index contributed by atoms with van der Waals surface area (Å²) < 4.78 is 51.9. The van der Waals surface area contributed by atoms with E-state index in [9.17, 15) is 0 Å². The van der Waals surface area contributed by atoms with Crippen LogP contribution in [0.15, 0.2) is 0 Å². The first-order chi connectivity index (χ1) is 23.8. The molecule has 0 N–H and O–H groups in total. The van der Waals surface area contributed by atoms with Crippen molar-refractivity contribution >= 4 is 68.0 Å². The van der Waals surface area contributed by atoms with Crippen molar-refractivity contribution in [2.24, 2.45) is 0 Å². The largest absolute Gasteiger partial charge is 0.473 e. The molecule has 7 nitrogen and oxygen atoms in total. The molecule has 0 aromatic rings. The number of terminal acetylenes is 4. The lowest BCUT2D eigenvalue weighted by Gasteiger charge is -2.50. The van der Waals surface area contributed by atoms with E-state index in [0.717, 1.165) is 48.4 Å². The first-order valence-corrected chi connectivity index (χ1v) is 39.1. The van der Waals surface area contributed by atoms with E-state index in [-0.39, 0.29) is 0 Å². The summed E-state index contributed by atoms with van der Waals surface area (Å²) in [4.78, 5) is 0. The molecule has 0 heterocycles. The van der Waals surface area contributed by atoms with Gasteiger partial charge in [-0.05, 0) is 74.5 Å². The van der Waals surface area contributed by atoms with Crippen molar-refractivity contribution in [2.45, 2.75) is 180 Å². The number of hydrogen-bond donors (Lipinski definition) is 0. The highest BCUT2D eigenvalue weighted by molar-refractivity contribution is 6.95. The number of rotatable bonds is 28. The number of hydrogen-bond acceptors (Lipinski definition) is 7. The molecular formula is C36H74O7Si8. The molecule has 15 heteroatoms. The molecule has 0 saturated heterocycles. The first kappa shape index (κ1) is 50.7. The molecule has 51 heavy (non-hydrogen) atoms. The molecule has 0 rings (SSSR count). The van der Waals surface area contributed by atoms with Gasteiger partial charge in [-0.2, -0.15) is 0 Å². The summed E-state index contributed by atoms with van der Waals surface area (Å²) in [6.07, 6.45) is 23.9. The molecule has 292 valence electrons. The zero-order valence-corrected chi connectivity index (χ0v) is 43.1. The van der Waals surface area contributed by atoms with Gasteiger partial charge in [0.2, 0.25) is 0 Å². The summed E-state index contributed by atoms with van der Waals surface area (Å²) in [5.74, 6) is 11.7. The van der Waals surface area contributed by atoms with Gasteiger partial charge in [0.05, 0.1) is 0 Å². The first-order valence-electron chi connectivity index (χ1n) is 19.4. The van der Waals surface area contributed by atoms with Crippen molar-refractivity contribution in [1.82, 2.24) is 0 Å². The maximum absolute atomic E-state index is 7.67. The summed E-state index contributed by atoms with van der Waals surface area (Å²) in [6.45, 7) is 30.0. The third-order valence-corrected chi connectivity index (χ3v) is 48.2. The molecular weight excluding hydrogens is 769 g/mol. The molecule has 0 amide bonds. The fourth-order valence-corrected chi connectivity index (χ4v) is 47.3. The van der Waals surface area contributed by atoms with Crippen LogP contribution in [-0.2, 0) is 28.8 Å². The van der Waals surface area contributed by atoms with E-state index in [4.69, 9.17) is 54.5 Å². The van der Waals surface area contributed by atoms with Crippen LogP contribution in [0.2, 0.25) is 111 Å². The normalized spacial score (nSPS) is 15.6. The summed E-state index contributed by atoms with van der Waals surface area (Å²) in [5, 5.41) is 0. The zero-order chi connectivity index (χ0) is 39.7. The van der Waals surface area contributed by atoms with Gasteiger partial charge in [-0.15, -0.1) is 49.4 Å². The summed E-state index contributed by atoms with van der Waals surface area (Å²) in [7, 11) is -22.9. The van der Waals surface area contributed by atoms with Gasteiger partial charge in [-0.3, -0.25) is 0 Å². The van der Waals surface area contributed by atoms with E-state index >= 15 is 0 Å². The molecule has 0 saturated carbocycles. The average Bonchev–Trinajstić information content (AvgIpc) is 3.09. The Balaban J connectivity index is 7.90. The van der Waals surface area contributed by atoms with Crippen LogP contribution < -0.4 is 0 Å². The highest BCUT2D eigenvalue weighted by atomic mass is 28.6. The Kier molecular flexibility index (Phi) is 22.2. The van der Waals surface area contributed by atoms with Crippen molar-refractivity contribution in [3.05, 3.63) is 0 Å². The van der Waals surface area contributed by atoms with Gasteiger partial charge in [-0.1, -0.05) is 69.2 Å². The van der Waals surface area contributed by atoms with Gasteiger partial charge < -0.3 is 28.8 Å². The molecule has 0 bridgehead atoms. The van der Waals surface area contributed by atoms with E-state index in [1.807, 2.05) is 0 Å². The van der Waals surface area contributed by atoms with E-state index in [1.165, 1.54) is 0 Å². The Morgan fingerprint density at radius 2 is 0.529 bits per heavy atom. The minimum absolute atomic E-state index is 0.514. The smallest absolute Gasteiger partial charge is 0.435 e. The molecule has 0 aromatic carbocycles. The Bertz CT molecular complexity index is 1110. The van der Waals surface area contributed by atoms with Crippen LogP contribution >= 0.6 is 0 Å². The Hall–Kier alpha value is -0.305. The minimum atomic E-state index is -3.66. The monoisotopic (exact) mass is 842 g/mol. The van der Waals surface area contributed by atoms with Crippen LogP contribution in [0.25, 0.3) is 0 Å². The second-order valence-corrected chi connectivity index (χ2v) is 46.7. The molecule has 0 radical (unpaired) electrons. The fraction of sp³-hybridized carbons (Fsp3) is 0.778. The molecule has 2 atom stereocenters. The molecule has 2 unspecified atom stereocenters. The molecule has 0 fully saturated rings. The molecule has 0 aliphatic rings. The lowest BCUT2D eigenvalue weighted by atomic mass is 10.8. The van der Waals surface area contributed by atoms with Crippen LogP contribution in [0, 0.1) is 49.4 Å². The fourth-order valence-electron chi connectivity index (χ4n) is 6.75. The van der Waals surface area contributed by atoms with Crippen LogP contribution in [0.3, 0.4) is 0 Å². The lowest BCUT2D eigenvalue weighted by molar-refractivity contribution is 0.154. The third kappa shape index (κ3) is 14.7. The quantitative estimate of drug-likeness (QED) is 0.0574. The van der Waals surface area contributed by atoms with Gasteiger partial charge in [0.25, 0.3) is 0 Å². The standard InChI is InChI=1S/C36H74O7Si8/c1-19-33-46(23-5,24-6)37-44(15,16)39-50(31-13,41-48(27-9,28-10)35-21-3)43-51(32-14,42-49(29-11,30-12)36-22-4)40-45(17,18)38-47(25-7,26-8)34-20-2/h1-4H,23-36H2,5-18H3. The maximum atomic E-state index is 7.67.